The summed E-state index contributed by atoms with van der Waals surface area (Å²) in [7, 11) is 0. The van der Waals surface area contributed by atoms with Crippen LogP contribution in [-0.2, 0) is 4.79 Å². The number of hydrogen-bond acceptors (Lipinski definition) is 3. The van der Waals surface area contributed by atoms with E-state index in [1.54, 1.807) is 6.08 Å². The third-order valence-electron chi connectivity index (χ3n) is 3.50. The molecule has 0 aliphatic heterocycles. The monoisotopic (exact) mass is 353 g/mol. The predicted molar refractivity (Wildman–Crippen MR) is 107 cm³/mol. The van der Waals surface area contributed by atoms with E-state index in [9.17, 15) is 4.79 Å². The van der Waals surface area contributed by atoms with Gasteiger partial charge in [0.25, 0.3) is 0 Å². The minimum atomic E-state index is -0.189. The molecule has 4 nitrogen and oxygen atoms in total. The average Bonchev–Trinajstić information content (AvgIpc) is 2.64. The molecule has 0 bridgehead atoms. The Morgan fingerprint density at radius 2 is 1.81 bits per heavy atom. The van der Waals surface area contributed by atoms with Gasteiger partial charge in [0.15, 0.2) is 0 Å². The highest BCUT2D eigenvalue weighted by Gasteiger charge is 2.02. The molecule has 0 heterocycles. The molecule has 0 unspecified atom stereocenters. The first-order valence-corrected chi connectivity index (χ1v) is 9.02. The van der Waals surface area contributed by atoms with Crippen LogP contribution in [0.5, 0.6) is 11.5 Å². The summed E-state index contributed by atoms with van der Waals surface area (Å²) in [5, 5.41) is 2.84. The van der Waals surface area contributed by atoms with Crippen molar-refractivity contribution in [3.05, 3.63) is 60.2 Å². The summed E-state index contributed by atoms with van der Waals surface area (Å²) >= 11 is 0. The van der Waals surface area contributed by atoms with E-state index in [0.29, 0.717) is 19.1 Å². The van der Waals surface area contributed by atoms with E-state index in [4.69, 9.17) is 9.47 Å². The normalized spacial score (nSPS) is 10.9. The van der Waals surface area contributed by atoms with Crippen molar-refractivity contribution in [2.45, 2.75) is 27.2 Å². The van der Waals surface area contributed by atoms with Crippen molar-refractivity contribution in [1.29, 1.82) is 0 Å². The Morgan fingerprint density at radius 3 is 2.50 bits per heavy atom. The van der Waals surface area contributed by atoms with Gasteiger partial charge in [0.1, 0.15) is 11.5 Å². The van der Waals surface area contributed by atoms with E-state index >= 15 is 0 Å². The van der Waals surface area contributed by atoms with Crippen molar-refractivity contribution in [1.82, 2.24) is 0 Å². The van der Waals surface area contributed by atoms with Crippen LogP contribution < -0.4 is 14.8 Å². The maximum Gasteiger partial charge on any atom is 0.248 e. The summed E-state index contributed by atoms with van der Waals surface area (Å²) in [4.78, 5) is 12.1. The van der Waals surface area contributed by atoms with Gasteiger partial charge in [-0.25, -0.2) is 0 Å². The molecule has 4 heteroatoms. The van der Waals surface area contributed by atoms with Gasteiger partial charge in [-0.3, -0.25) is 4.79 Å². The Bertz CT molecular complexity index is 720. The number of amides is 1. The van der Waals surface area contributed by atoms with Gasteiger partial charge in [-0.2, -0.15) is 0 Å². The average molecular weight is 353 g/mol. The summed E-state index contributed by atoms with van der Waals surface area (Å²) < 4.78 is 11.3. The lowest BCUT2D eigenvalue weighted by Gasteiger charge is -2.09. The number of ether oxygens (including phenoxy) is 2. The summed E-state index contributed by atoms with van der Waals surface area (Å²) in [6.07, 6.45) is 4.22. The van der Waals surface area contributed by atoms with Gasteiger partial charge in [-0.05, 0) is 48.7 Å². The smallest absolute Gasteiger partial charge is 0.248 e. The lowest BCUT2D eigenvalue weighted by Crippen LogP contribution is -2.08. The molecular formula is C22H27NO3. The molecule has 0 aliphatic carbocycles. The van der Waals surface area contributed by atoms with Crippen LogP contribution >= 0.6 is 0 Å². The number of carbonyl (C=O) groups is 1. The minimum Gasteiger partial charge on any atom is -0.493 e. The second kappa shape index (κ2) is 10.3. The molecule has 138 valence electrons. The van der Waals surface area contributed by atoms with Gasteiger partial charge in [0.05, 0.1) is 13.2 Å². The van der Waals surface area contributed by atoms with Crippen LogP contribution in [0.4, 0.5) is 5.69 Å². The van der Waals surface area contributed by atoms with Gasteiger partial charge >= 0.3 is 0 Å². The van der Waals surface area contributed by atoms with Crippen LogP contribution in [0.3, 0.4) is 0 Å². The third-order valence-corrected chi connectivity index (χ3v) is 3.50. The summed E-state index contributed by atoms with van der Waals surface area (Å²) in [6, 6.07) is 15.1. The highest BCUT2D eigenvalue weighted by molar-refractivity contribution is 6.02. The molecule has 1 amide bonds. The van der Waals surface area contributed by atoms with Crippen LogP contribution in [0.25, 0.3) is 6.08 Å². The summed E-state index contributed by atoms with van der Waals surface area (Å²) in [6.45, 7) is 7.60. The Morgan fingerprint density at radius 1 is 1.08 bits per heavy atom. The number of hydrogen-bond donors (Lipinski definition) is 1. The third kappa shape index (κ3) is 6.63. The number of benzene rings is 2. The van der Waals surface area contributed by atoms with E-state index in [1.165, 1.54) is 6.08 Å². The molecule has 26 heavy (non-hydrogen) atoms. The number of carbonyl (C=O) groups excluding carboxylic acids is 1. The topological polar surface area (TPSA) is 47.6 Å². The van der Waals surface area contributed by atoms with Crippen LogP contribution in [0.1, 0.15) is 32.8 Å². The van der Waals surface area contributed by atoms with Crippen molar-refractivity contribution >= 4 is 17.7 Å². The highest BCUT2D eigenvalue weighted by atomic mass is 16.5. The SMILES string of the molecule is CCCOc1ccccc1/C=C/C(=O)Nc1ccc(OCC(C)C)cc1. The standard InChI is InChI=1S/C22H27NO3/c1-4-15-25-21-8-6-5-7-18(21)9-14-22(24)23-19-10-12-20(13-11-19)26-16-17(2)3/h5-14,17H,4,15-16H2,1-3H3,(H,23,24)/b14-9+. The number of nitrogens with one attached hydrogen (secondary N) is 1. The lowest BCUT2D eigenvalue weighted by molar-refractivity contribution is -0.111. The Hall–Kier alpha value is -2.75. The maximum atomic E-state index is 12.1. The molecule has 0 aromatic heterocycles. The van der Waals surface area contributed by atoms with E-state index in [1.807, 2.05) is 48.5 Å². The molecule has 1 N–H and O–H groups in total. The molecule has 0 atom stereocenters. The summed E-state index contributed by atoms with van der Waals surface area (Å²) in [5.41, 5.74) is 1.61. The van der Waals surface area contributed by atoms with Gasteiger partial charge in [0.2, 0.25) is 5.91 Å². The second-order valence-corrected chi connectivity index (χ2v) is 6.44. The molecule has 0 saturated heterocycles. The molecule has 0 spiro atoms. The highest BCUT2D eigenvalue weighted by Crippen LogP contribution is 2.20. The van der Waals surface area contributed by atoms with E-state index < -0.39 is 0 Å². The molecule has 2 aromatic carbocycles. The molecule has 0 aliphatic rings. The molecule has 2 aromatic rings. The van der Waals surface area contributed by atoms with Gasteiger partial charge in [0, 0.05) is 17.3 Å². The molecule has 0 fully saturated rings. The van der Waals surface area contributed by atoms with Crippen molar-refractivity contribution in [3.8, 4) is 11.5 Å². The van der Waals surface area contributed by atoms with Crippen LogP contribution in [0.2, 0.25) is 0 Å². The number of para-hydroxylation sites is 1. The largest absolute Gasteiger partial charge is 0.493 e. The number of rotatable bonds is 9. The Balaban J connectivity index is 1.93. The molecule has 0 saturated carbocycles. The Labute approximate surface area is 155 Å². The van der Waals surface area contributed by atoms with Crippen molar-refractivity contribution in [2.24, 2.45) is 5.92 Å². The quantitative estimate of drug-likeness (QED) is 0.633. The van der Waals surface area contributed by atoms with Gasteiger partial charge in [-0.15, -0.1) is 0 Å². The predicted octanol–water partition coefficient (Wildman–Crippen LogP) is 5.16. The first-order chi connectivity index (χ1) is 12.6. The number of anilines is 1. The van der Waals surface area contributed by atoms with Crippen molar-refractivity contribution in [3.63, 3.8) is 0 Å². The van der Waals surface area contributed by atoms with Crippen molar-refractivity contribution in [2.75, 3.05) is 18.5 Å². The van der Waals surface area contributed by atoms with Crippen molar-refractivity contribution < 1.29 is 14.3 Å². The maximum absolute atomic E-state index is 12.1. The molecule has 2 rings (SSSR count). The second-order valence-electron chi connectivity index (χ2n) is 6.44. The lowest BCUT2D eigenvalue weighted by atomic mass is 10.2. The fraction of sp³-hybridized carbons (Fsp3) is 0.318. The molecular weight excluding hydrogens is 326 g/mol. The summed E-state index contributed by atoms with van der Waals surface area (Å²) in [5.74, 6) is 1.87. The van der Waals surface area contributed by atoms with Crippen LogP contribution in [0.15, 0.2) is 54.6 Å². The zero-order chi connectivity index (χ0) is 18.8. The fourth-order valence-electron chi connectivity index (χ4n) is 2.21. The van der Waals surface area contributed by atoms with Crippen LogP contribution in [0, 0.1) is 5.92 Å². The fourth-order valence-corrected chi connectivity index (χ4v) is 2.21. The zero-order valence-corrected chi connectivity index (χ0v) is 15.7. The van der Waals surface area contributed by atoms with Crippen LogP contribution in [-0.4, -0.2) is 19.1 Å². The zero-order valence-electron chi connectivity index (χ0n) is 15.7. The first-order valence-electron chi connectivity index (χ1n) is 9.02. The Kier molecular flexibility index (Phi) is 7.75. The molecule has 0 radical (unpaired) electrons. The van der Waals surface area contributed by atoms with E-state index in [0.717, 1.165) is 29.2 Å². The van der Waals surface area contributed by atoms with Gasteiger partial charge in [-0.1, -0.05) is 39.0 Å². The van der Waals surface area contributed by atoms with E-state index in [2.05, 4.69) is 26.1 Å². The minimum absolute atomic E-state index is 0.189. The van der Waals surface area contributed by atoms with E-state index in [-0.39, 0.29) is 5.91 Å². The van der Waals surface area contributed by atoms with Gasteiger partial charge < -0.3 is 14.8 Å². The first kappa shape index (κ1) is 19.6.